The number of nitrogens with zero attached hydrogens (tertiary/aromatic N) is 3. The molecular formula is C72H73N3O15. The second kappa shape index (κ2) is 30.1. The first-order chi connectivity index (χ1) is 44.0. The van der Waals surface area contributed by atoms with E-state index >= 15 is 0 Å². The lowest BCUT2D eigenvalue weighted by Crippen LogP contribution is -2.65. The van der Waals surface area contributed by atoms with E-state index in [2.05, 4.69) is 0 Å². The molecule has 1 aliphatic rings. The SMILES string of the molecule is CCOCCOc1ccc(N2C(c3ccc(OCc4ccccc4)cc3O)=NC(c3ccc(OCc4ccccc4)cc3O)N(c3ccc(OCCOCC)cc3O)C2(c2ccc(OCCOCC)cc2O)c2ccc(OCc3ccccc3)cc2O)c(O)c1. The van der Waals surface area contributed by atoms with E-state index in [0.717, 1.165) is 16.7 Å². The van der Waals surface area contributed by atoms with E-state index in [-0.39, 0.29) is 139 Å². The lowest BCUT2D eigenvalue weighted by atomic mass is 9.82. The second-order valence-corrected chi connectivity index (χ2v) is 20.7. The van der Waals surface area contributed by atoms with Crippen LogP contribution < -0.4 is 38.2 Å². The highest BCUT2D eigenvalue weighted by atomic mass is 16.5. The molecule has 1 aliphatic heterocycles. The van der Waals surface area contributed by atoms with Crippen LogP contribution in [0.5, 0.6) is 69.0 Å². The van der Waals surface area contributed by atoms with Gasteiger partial charge in [-0.3, -0.25) is 4.90 Å². The van der Waals surface area contributed by atoms with Crippen molar-refractivity contribution in [2.45, 2.75) is 52.4 Å². The second-order valence-electron chi connectivity index (χ2n) is 20.7. The summed E-state index contributed by atoms with van der Waals surface area (Å²) in [6, 6.07) is 56.6. The van der Waals surface area contributed by atoms with E-state index in [0.29, 0.717) is 31.3 Å². The summed E-state index contributed by atoms with van der Waals surface area (Å²) in [6.07, 6.45) is -1.54. The smallest absolute Gasteiger partial charge is 0.181 e. The van der Waals surface area contributed by atoms with Crippen LogP contribution in [-0.2, 0) is 39.7 Å². The predicted molar refractivity (Wildman–Crippen MR) is 342 cm³/mol. The first kappa shape index (κ1) is 62.8. The van der Waals surface area contributed by atoms with E-state index in [9.17, 15) is 30.6 Å². The molecule has 0 aromatic heterocycles. The average molecular weight is 1220 g/mol. The summed E-state index contributed by atoms with van der Waals surface area (Å²) in [4.78, 5) is 8.72. The van der Waals surface area contributed by atoms with Gasteiger partial charge in [0, 0.05) is 72.9 Å². The van der Waals surface area contributed by atoms with Gasteiger partial charge in [-0.1, -0.05) is 91.0 Å². The fraction of sp³-hybridized carbons (Fsp3) is 0.236. The summed E-state index contributed by atoms with van der Waals surface area (Å²) in [5.74, 6) is -0.791. The lowest BCUT2D eigenvalue weighted by Gasteiger charge is -2.58. The van der Waals surface area contributed by atoms with Gasteiger partial charge in [-0.15, -0.1) is 0 Å². The molecule has 9 aromatic rings. The highest BCUT2D eigenvalue weighted by molar-refractivity contribution is 6.15. The molecule has 0 spiro atoms. The maximum Gasteiger partial charge on any atom is 0.181 e. The highest BCUT2D eigenvalue weighted by Crippen LogP contribution is 2.60. The molecule has 0 amide bonds. The Morgan fingerprint density at radius 1 is 0.367 bits per heavy atom. The highest BCUT2D eigenvalue weighted by Gasteiger charge is 2.58. The molecule has 2 atom stereocenters. The van der Waals surface area contributed by atoms with Crippen molar-refractivity contribution >= 4 is 17.2 Å². The predicted octanol–water partition coefficient (Wildman–Crippen LogP) is 13.3. The van der Waals surface area contributed by atoms with E-state index < -0.39 is 29.1 Å². The Hall–Kier alpha value is -10.3. The number of amidine groups is 1. The normalized spacial score (nSPS) is 14.6. The number of benzene rings is 9. The fourth-order valence-electron chi connectivity index (χ4n) is 10.6. The number of rotatable bonds is 30. The van der Waals surface area contributed by atoms with Gasteiger partial charge in [-0.25, -0.2) is 4.99 Å². The third kappa shape index (κ3) is 14.7. The molecule has 0 saturated carbocycles. The Morgan fingerprint density at radius 2 is 0.733 bits per heavy atom. The minimum atomic E-state index is -2.37. The van der Waals surface area contributed by atoms with Crippen molar-refractivity contribution in [1.82, 2.24) is 0 Å². The quantitative estimate of drug-likeness (QED) is 0.0230. The molecule has 6 N–H and O–H groups in total. The Morgan fingerprint density at radius 3 is 1.13 bits per heavy atom. The van der Waals surface area contributed by atoms with Gasteiger partial charge in [0.15, 0.2) is 11.8 Å². The van der Waals surface area contributed by atoms with Crippen LogP contribution in [-0.4, -0.2) is 95.9 Å². The molecule has 10 rings (SSSR count). The molecule has 9 aromatic carbocycles. The minimum Gasteiger partial charge on any atom is -0.507 e. The van der Waals surface area contributed by atoms with Crippen molar-refractivity contribution in [2.75, 3.05) is 69.3 Å². The molecule has 18 nitrogen and oxygen atoms in total. The summed E-state index contributed by atoms with van der Waals surface area (Å²) >= 11 is 0. The maximum atomic E-state index is 13.3. The molecule has 466 valence electrons. The van der Waals surface area contributed by atoms with Crippen LogP contribution >= 0.6 is 0 Å². The Kier molecular flexibility index (Phi) is 21.0. The van der Waals surface area contributed by atoms with Crippen LogP contribution in [0.4, 0.5) is 11.4 Å². The molecular weight excluding hydrogens is 1150 g/mol. The van der Waals surface area contributed by atoms with Crippen LogP contribution in [0.1, 0.15) is 65.9 Å². The number of phenols is 6. The van der Waals surface area contributed by atoms with Crippen LogP contribution in [0.25, 0.3) is 0 Å². The van der Waals surface area contributed by atoms with Gasteiger partial charge in [-0.2, -0.15) is 0 Å². The van der Waals surface area contributed by atoms with Gasteiger partial charge in [0.05, 0.1) is 36.8 Å². The van der Waals surface area contributed by atoms with Crippen molar-refractivity contribution < 1.29 is 73.3 Å². The van der Waals surface area contributed by atoms with E-state index in [1.807, 2.05) is 112 Å². The summed E-state index contributed by atoms with van der Waals surface area (Å²) in [5.41, 5.74) is 0.361. The van der Waals surface area contributed by atoms with Gasteiger partial charge >= 0.3 is 0 Å². The number of aliphatic imine (C=N–C) groups is 1. The zero-order valence-corrected chi connectivity index (χ0v) is 50.3. The number of phenolic OH excluding ortho intramolecular Hbond substituents is 6. The molecule has 2 unspecified atom stereocenters. The largest absolute Gasteiger partial charge is 0.507 e. The van der Waals surface area contributed by atoms with Gasteiger partial charge in [-0.05, 0) is 110 Å². The van der Waals surface area contributed by atoms with Crippen molar-refractivity contribution in [3.05, 3.63) is 239 Å². The van der Waals surface area contributed by atoms with Gasteiger partial charge < -0.3 is 78.2 Å². The summed E-state index contributed by atoms with van der Waals surface area (Å²) in [5, 5.41) is 77.8. The number of anilines is 2. The molecule has 0 fully saturated rings. The van der Waals surface area contributed by atoms with Crippen LogP contribution in [0.3, 0.4) is 0 Å². The number of aromatic hydroxyl groups is 6. The van der Waals surface area contributed by atoms with Gasteiger partial charge in [0.25, 0.3) is 0 Å². The summed E-state index contributed by atoms with van der Waals surface area (Å²) in [6.45, 7) is 8.59. The van der Waals surface area contributed by atoms with Crippen molar-refractivity contribution in [1.29, 1.82) is 0 Å². The first-order valence-corrected chi connectivity index (χ1v) is 29.8. The van der Waals surface area contributed by atoms with Crippen LogP contribution in [0.2, 0.25) is 0 Å². The average Bonchev–Trinajstić information content (AvgIpc) is 0.686. The molecule has 1 heterocycles. The zero-order chi connectivity index (χ0) is 62.8. The monoisotopic (exact) mass is 1220 g/mol. The molecule has 0 aliphatic carbocycles. The summed E-state index contributed by atoms with van der Waals surface area (Å²) < 4.78 is 54.0. The lowest BCUT2D eigenvalue weighted by molar-refractivity contribution is 0.110. The number of ether oxygens (including phenoxy) is 9. The van der Waals surface area contributed by atoms with Gasteiger partial charge in [0.2, 0.25) is 0 Å². The van der Waals surface area contributed by atoms with E-state index in [4.69, 9.17) is 47.6 Å². The number of hydrogen-bond donors (Lipinski definition) is 6. The number of hydrogen-bond acceptors (Lipinski definition) is 18. The van der Waals surface area contributed by atoms with E-state index in [1.54, 1.807) is 82.6 Å². The third-order valence-corrected chi connectivity index (χ3v) is 14.8. The third-order valence-electron chi connectivity index (χ3n) is 14.8. The molecule has 0 saturated heterocycles. The molecule has 0 bridgehead atoms. The Labute approximate surface area is 523 Å². The Bertz CT molecular complexity index is 3840. The van der Waals surface area contributed by atoms with Crippen molar-refractivity contribution in [3.63, 3.8) is 0 Å². The van der Waals surface area contributed by atoms with Crippen molar-refractivity contribution in [3.8, 4) is 69.0 Å². The zero-order valence-electron chi connectivity index (χ0n) is 50.3. The van der Waals surface area contributed by atoms with Gasteiger partial charge in [0.1, 0.15) is 114 Å². The van der Waals surface area contributed by atoms with E-state index in [1.165, 1.54) is 36.4 Å². The minimum absolute atomic E-state index is 0.00161. The summed E-state index contributed by atoms with van der Waals surface area (Å²) in [7, 11) is 0. The standard InChI is InChI=1S/C72H73N3O15/c1-4-82-34-37-85-52-24-30-60(66(78)42-52)72(61-31-25-57(43-67(61)79)90-48-51-20-14-9-15-21-51)74(62-32-26-53(44-68(62)80)86-38-35-83-5-2)70(58-28-22-55(40-64(58)76)88-46-49-16-10-7-11-17-49)73-71(75(72)63-33-27-54(45-69(63)81)87-39-36-84-6-3)59-29-23-56(41-65(59)77)89-47-50-18-12-8-13-19-50/h7-33,40-45,70,76-81H,4-6,34-39,46-48H2,1-3H3. The molecule has 90 heavy (non-hydrogen) atoms. The van der Waals surface area contributed by atoms with Crippen LogP contribution in [0, 0.1) is 0 Å². The first-order valence-electron chi connectivity index (χ1n) is 29.8. The van der Waals surface area contributed by atoms with Crippen LogP contribution in [0.15, 0.2) is 205 Å². The molecule has 18 heteroatoms. The maximum absolute atomic E-state index is 13.3. The van der Waals surface area contributed by atoms with Crippen molar-refractivity contribution in [2.24, 2.45) is 4.99 Å². The topological polar surface area (TPSA) is 223 Å². The fourth-order valence-corrected chi connectivity index (χ4v) is 10.6. The molecule has 0 radical (unpaired) electrons. The Balaban J connectivity index is 1.30.